The lowest BCUT2D eigenvalue weighted by Gasteiger charge is -1.95. The first-order valence-electron chi connectivity index (χ1n) is 4.88. The third kappa shape index (κ3) is 2.87. The molecule has 0 atom stereocenters. The average Bonchev–Trinajstić information content (AvgIpc) is 2.47. The lowest BCUT2D eigenvalue weighted by Crippen LogP contribution is -1.96. The van der Waals surface area contributed by atoms with E-state index in [1.165, 1.54) is 0 Å². The molecule has 0 aliphatic rings. The fourth-order valence-electron chi connectivity index (χ4n) is 1.40. The Morgan fingerprint density at radius 2 is 2.36 bits per heavy atom. The number of carbonyl (C=O) groups is 1. The minimum atomic E-state index is -0.731. The van der Waals surface area contributed by atoms with Crippen molar-refractivity contribution in [3.8, 4) is 0 Å². The second-order valence-corrected chi connectivity index (χ2v) is 3.34. The third-order valence-corrected chi connectivity index (χ3v) is 2.21. The second kappa shape index (κ2) is 4.79. The van der Waals surface area contributed by atoms with Gasteiger partial charge in [-0.25, -0.2) is 0 Å². The molecule has 0 saturated heterocycles. The Morgan fingerprint density at radius 3 is 2.86 bits per heavy atom. The number of rotatable bonds is 5. The lowest BCUT2D eigenvalue weighted by atomic mass is 10.1. The summed E-state index contributed by atoms with van der Waals surface area (Å²) < 4.78 is 1.88. The smallest absolute Gasteiger partial charge is 0.303 e. The Hall–Kier alpha value is -1.32. The number of carboxylic acids is 1. The van der Waals surface area contributed by atoms with Gasteiger partial charge >= 0.3 is 5.97 Å². The zero-order valence-corrected chi connectivity index (χ0v) is 8.66. The number of hydrogen-bond donors (Lipinski definition) is 1. The summed E-state index contributed by atoms with van der Waals surface area (Å²) in [5.41, 5.74) is 2.17. The van der Waals surface area contributed by atoms with E-state index in [1.54, 1.807) is 0 Å². The molecule has 0 amide bonds. The average molecular weight is 196 g/mol. The highest BCUT2D eigenvalue weighted by Gasteiger charge is 2.04. The first-order valence-corrected chi connectivity index (χ1v) is 4.88. The third-order valence-electron chi connectivity index (χ3n) is 2.21. The van der Waals surface area contributed by atoms with Crippen LogP contribution in [0.1, 0.15) is 31.0 Å². The number of carboxylic acid groups (broad SMARTS) is 1. The van der Waals surface area contributed by atoms with Crippen LogP contribution in [0.2, 0.25) is 0 Å². The maximum atomic E-state index is 10.3. The van der Waals surface area contributed by atoms with E-state index >= 15 is 0 Å². The summed E-state index contributed by atoms with van der Waals surface area (Å²) in [7, 11) is 0. The van der Waals surface area contributed by atoms with Gasteiger partial charge in [-0.2, -0.15) is 5.10 Å². The standard InChI is InChI=1S/C10H16N2O2/c1-3-12-7-9(8(2)11-12)5-4-6-10(13)14/h7H,3-6H2,1-2H3,(H,13,14). The van der Waals surface area contributed by atoms with Crippen LogP contribution in [0.5, 0.6) is 0 Å². The van der Waals surface area contributed by atoms with Gasteiger partial charge in [-0.15, -0.1) is 0 Å². The number of aliphatic carboxylic acids is 1. The van der Waals surface area contributed by atoms with E-state index in [0.29, 0.717) is 6.42 Å². The van der Waals surface area contributed by atoms with Gasteiger partial charge < -0.3 is 5.11 Å². The maximum Gasteiger partial charge on any atom is 0.303 e. The Bertz CT molecular complexity index is 318. The second-order valence-electron chi connectivity index (χ2n) is 3.34. The summed E-state index contributed by atoms with van der Waals surface area (Å²) in [5.74, 6) is -0.731. The van der Waals surface area contributed by atoms with Crippen LogP contribution in [-0.4, -0.2) is 20.9 Å². The molecule has 0 aliphatic carbocycles. The Morgan fingerprint density at radius 1 is 1.64 bits per heavy atom. The van der Waals surface area contributed by atoms with E-state index in [2.05, 4.69) is 5.10 Å². The van der Waals surface area contributed by atoms with Crippen molar-refractivity contribution in [1.82, 2.24) is 9.78 Å². The number of aromatic nitrogens is 2. The van der Waals surface area contributed by atoms with Crippen LogP contribution in [0.15, 0.2) is 6.20 Å². The minimum absolute atomic E-state index is 0.233. The summed E-state index contributed by atoms with van der Waals surface area (Å²) in [6.45, 7) is 4.86. The molecule has 0 saturated carbocycles. The molecule has 78 valence electrons. The van der Waals surface area contributed by atoms with Crippen LogP contribution in [0.3, 0.4) is 0 Å². The van der Waals surface area contributed by atoms with Crippen molar-refractivity contribution in [3.63, 3.8) is 0 Å². The van der Waals surface area contributed by atoms with Crippen molar-refractivity contribution in [1.29, 1.82) is 0 Å². The molecule has 4 nitrogen and oxygen atoms in total. The van der Waals surface area contributed by atoms with E-state index in [9.17, 15) is 4.79 Å². The first kappa shape index (κ1) is 10.8. The molecule has 4 heteroatoms. The summed E-state index contributed by atoms with van der Waals surface area (Å²) >= 11 is 0. The molecule has 0 bridgehead atoms. The summed E-state index contributed by atoms with van der Waals surface area (Å²) in [5, 5.41) is 12.8. The molecular formula is C10H16N2O2. The van der Waals surface area contributed by atoms with Crippen molar-refractivity contribution in [2.75, 3.05) is 0 Å². The minimum Gasteiger partial charge on any atom is -0.481 e. The SMILES string of the molecule is CCn1cc(CCCC(=O)O)c(C)n1. The van der Waals surface area contributed by atoms with Gasteiger partial charge in [0.25, 0.3) is 0 Å². The monoisotopic (exact) mass is 196 g/mol. The highest BCUT2D eigenvalue weighted by atomic mass is 16.4. The van der Waals surface area contributed by atoms with Crippen LogP contribution in [0, 0.1) is 6.92 Å². The topological polar surface area (TPSA) is 55.1 Å². The van der Waals surface area contributed by atoms with Gasteiger partial charge in [-0.3, -0.25) is 9.48 Å². The van der Waals surface area contributed by atoms with Gasteiger partial charge in [0.1, 0.15) is 0 Å². The largest absolute Gasteiger partial charge is 0.481 e. The summed E-state index contributed by atoms with van der Waals surface area (Å²) in [4.78, 5) is 10.3. The maximum absolute atomic E-state index is 10.3. The van der Waals surface area contributed by atoms with Gasteiger partial charge in [0.05, 0.1) is 5.69 Å². The number of aryl methyl sites for hydroxylation is 3. The highest BCUT2D eigenvalue weighted by molar-refractivity contribution is 5.66. The fourth-order valence-corrected chi connectivity index (χ4v) is 1.40. The fraction of sp³-hybridized carbons (Fsp3) is 0.600. The molecule has 1 heterocycles. The molecule has 0 unspecified atom stereocenters. The van der Waals surface area contributed by atoms with E-state index in [1.807, 2.05) is 24.7 Å². The van der Waals surface area contributed by atoms with Crippen LogP contribution < -0.4 is 0 Å². The van der Waals surface area contributed by atoms with Crippen molar-refractivity contribution in [2.24, 2.45) is 0 Å². The molecule has 0 fully saturated rings. The highest BCUT2D eigenvalue weighted by Crippen LogP contribution is 2.09. The first-order chi connectivity index (χ1) is 6.63. The van der Waals surface area contributed by atoms with Crippen LogP contribution >= 0.6 is 0 Å². The molecular weight excluding hydrogens is 180 g/mol. The molecule has 0 radical (unpaired) electrons. The van der Waals surface area contributed by atoms with Crippen molar-refractivity contribution in [3.05, 3.63) is 17.5 Å². The van der Waals surface area contributed by atoms with Crippen molar-refractivity contribution >= 4 is 5.97 Å². The Labute approximate surface area is 83.5 Å². The quantitative estimate of drug-likeness (QED) is 0.778. The normalized spacial score (nSPS) is 10.4. The van der Waals surface area contributed by atoms with Gasteiger partial charge in [-0.05, 0) is 32.3 Å². The Balaban J connectivity index is 2.49. The van der Waals surface area contributed by atoms with E-state index in [-0.39, 0.29) is 6.42 Å². The van der Waals surface area contributed by atoms with E-state index < -0.39 is 5.97 Å². The molecule has 1 rings (SSSR count). The zero-order chi connectivity index (χ0) is 10.6. The molecule has 0 aromatic carbocycles. The molecule has 1 aromatic rings. The molecule has 1 aromatic heterocycles. The number of nitrogens with zero attached hydrogens (tertiary/aromatic N) is 2. The van der Waals surface area contributed by atoms with E-state index in [0.717, 1.165) is 24.2 Å². The molecule has 0 aliphatic heterocycles. The van der Waals surface area contributed by atoms with Gasteiger partial charge in [0.15, 0.2) is 0 Å². The van der Waals surface area contributed by atoms with Gasteiger partial charge in [-0.1, -0.05) is 0 Å². The predicted molar refractivity (Wildman–Crippen MR) is 53.2 cm³/mol. The summed E-state index contributed by atoms with van der Waals surface area (Å²) in [6.07, 6.45) is 3.72. The van der Waals surface area contributed by atoms with Crippen molar-refractivity contribution < 1.29 is 9.90 Å². The molecule has 14 heavy (non-hydrogen) atoms. The van der Waals surface area contributed by atoms with Crippen LogP contribution in [0.25, 0.3) is 0 Å². The van der Waals surface area contributed by atoms with Gasteiger partial charge in [0.2, 0.25) is 0 Å². The molecule has 1 N–H and O–H groups in total. The number of hydrogen-bond acceptors (Lipinski definition) is 2. The van der Waals surface area contributed by atoms with Crippen molar-refractivity contribution in [2.45, 2.75) is 39.7 Å². The lowest BCUT2D eigenvalue weighted by molar-refractivity contribution is -0.137. The zero-order valence-electron chi connectivity index (χ0n) is 8.66. The van der Waals surface area contributed by atoms with Crippen LogP contribution in [0.4, 0.5) is 0 Å². The van der Waals surface area contributed by atoms with E-state index in [4.69, 9.17) is 5.11 Å². The Kier molecular flexibility index (Phi) is 3.68. The molecule has 0 spiro atoms. The predicted octanol–water partition coefficient (Wildman–Crippen LogP) is 1.62. The summed E-state index contributed by atoms with van der Waals surface area (Å²) in [6, 6.07) is 0. The van der Waals surface area contributed by atoms with Gasteiger partial charge in [0, 0.05) is 19.2 Å². The van der Waals surface area contributed by atoms with Crippen LogP contribution in [-0.2, 0) is 17.8 Å².